The van der Waals surface area contributed by atoms with Gasteiger partial charge in [0.25, 0.3) is 0 Å². The minimum Gasteiger partial charge on any atom is -0.372 e. The van der Waals surface area contributed by atoms with E-state index in [-0.39, 0.29) is 30.5 Å². The van der Waals surface area contributed by atoms with Crippen LogP contribution in [0.15, 0.2) is 12.0 Å². The van der Waals surface area contributed by atoms with Crippen LogP contribution in [0.2, 0.25) is 0 Å². The first-order valence-corrected chi connectivity index (χ1v) is 9.74. The van der Waals surface area contributed by atoms with Gasteiger partial charge in [-0.15, -0.1) is 0 Å². The maximum Gasteiger partial charge on any atom is 0.229 e. The van der Waals surface area contributed by atoms with E-state index < -0.39 is 12.1 Å². The maximum atomic E-state index is 13.5. The molecule has 0 aromatic rings. The number of nitrogens with two attached hydrogens (primary N) is 1. The lowest BCUT2D eigenvalue weighted by Crippen LogP contribution is -2.59. The quantitative estimate of drug-likeness (QED) is 0.362. The van der Waals surface area contributed by atoms with Gasteiger partial charge in [0.15, 0.2) is 0 Å². The van der Waals surface area contributed by atoms with Gasteiger partial charge in [-0.25, -0.2) is 14.8 Å². The predicted molar refractivity (Wildman–Crippen MR) is 95.9 cm³/mol. The summed E-state index contributed by atoms with van der Waals surface area (Å²) in [5, 5.41) is 14.8. The molecule has 3 saturated heterocycles. The Morgan fingerprint density at radius 1 is 1.27 bits per heavy atom. The lowest BCUT2D eigenvalue weighted by molar-refractivity contribution is -0.127. The molecule has 0 radical (unpaired) electrons. The van der Waals surface area contributed by atoms with Crippen molar-refractivity contribution < 1.29 is 9.18 Å². The zero-order valence-electron chi connectivity index (χ0n) is 15.0. The van der Waals surface area contributed by atoms with Crippen LogP contribution in [0.25, 0.3) is 0 Å². The van der Waals surface area contributed by atoms with Gasteiger partial charge in [-0.2, -0.15) is 0 Å². The molecular formula is C17H30FN7O. The molecule has 8 nitrogen and oxygen atoms in total. The number of piperidine rings is 2. The van der Waals surface area contributed by atoms with Crippen LogP contribution in [0.5, 0.6) is 0 Å². The van der Waals surface area contributed by atoms with Crippen molar-refractivity contribution in [1.29, 1.82) is 0 Å². The first kappa shape index (κ1) is 18.1. The van der Waals surface area contributed by atoms with Gasteiger partial charge < -0.3 is 27.0 Å². The summed E-state index contributed by atoms with van der Waals surface area (Å²) in [5.41, 5.74) is 9.15. The molecule has 3 fully saturated rings. The summed E-state index contributed by atoms with van der Waals surface area (Å²) >= 11 is 0. The number of fused-ring (bicyclic) bond motifs is 1. The first-order chi connectivity index (χ1) is 12.6. The number of hydrazine groups is 1. The molecule has 4 heterocycles. The first-order valence-electron chi connectivity index (χ1n) is 9.74. The Morgan fingerprint density at radius 3 is 2.92 bits per heavy atom. The number of hydrogen-bond donors (Lipinski definition) is 6. The van der Waals surface area contributed by atoms with E-state index in [1.807, 2.05) is 0 Å². The van der Waals surface area contributed by atoms with Gasteiger partial charge in [0.2, 0.25) is 5.91 Å². The molecule has 4 aliphatic rings. The fourth-order valence-corrected chi connectivity index (χ4v) is 4.89. The van der Waals surface area contributed by atoms with E-state index in [9.17, 15) is 9.18 Å². The van der Waals surface area contributed by atoms with Crippen molar-refractivity contribution in [3.8, 4) is 0 Å². The molecule has 1 amide bonds. The van der Waals surface area contributed by atoms with Crippen molar-refractivity contribution >= 4 is 5.91 Å². The van der Waals surface area contributed by atoms with Crippen LogP contribution in [0.1, 0.15) is 19.3 Å². The van der Waals surface area contributed by atoms with Gasteiger partial charge in [0, 0.05) is 18.8 Å². The van der Waals surface area contributed by atoms with E-state index in [0.717, 1.165) is 32.6 Å². The molecule has 6 atom stereocenters. The number of hydrogen-bond acceptors (Lipinski definition) is 7. The van der Waals surface area contributed by atoms with E-state index in [1.165, 1.54) is 19.0 Å². The molecule has 6 unspecified atom stereocenters. The van der Waals surface area contributed by atoms with Crippen molar-refractivity contribution in [3.63, 3.8) is 0 Å². The second kappa shape index (κ2) is 7.77. The van der Waals surface area contributed by atoms with Crippen molar-refractivity contribution in [2.75, 3.05) is 32.7 Å². The fraction of sp³-hybridized carbons (Fsp3) is 0.824. The summed E-state index contributed by atoms with van der Waals surface area (Å²) < 4.78 is 13.5. The highest BCUT2D eigenvalue weighted by molar-refractivity contribution is 5.80. The molecule has 4 rings (SSSR count). The number of halogens is 1. The van der Waals surface area contributed by atoms with Gasteiger partial charge in [-0.1, -0.05) is 0 Å². The smallest absolute Gasteiger partial charge is 0.229 e. The Bertz CT molecular complexity index is 553. The van der Waals surface area contributed by atoms with Crippen LogP contribution in [-0.4, -0.2) is 62.0 Å². The maximum absolute atomic E-state index is 13.5. The lowest BCUT2D eigenvalue weighted by Gasteiger charge is -2.40. The van der Waals surface area contributed by atoms with E-state index in [0.29, 0.717) is 11.8 Å². The van der Waals surface area contributed by atoms with Gasteiger partial charge in [0.05, 0.1) is 12.7 Å². The topological polar surface area (TPSA) is 106 Å². The van der Waals surface area contributed by atoms with Crippen LogP contribution in [-0.2, 0) is 4.79 Å². The number of rotatable bonds is 3. The molecule has 0 aromatic heterocycles. The van der Waals surface area contributed by atoms with Gasteiger partial charge in [-0.3, -0.25) is 4.79 Å². The molecule has 0 saturated carbocycles. The highest BCUT2D eigenvalue weighted by Gasteiger charge is 2.46. The summed E-state index contributed by atoms with van der Waals surface area (Å²) in [6.45, 7) is 4.03. The molecular weight excluding hydrogens is 337 g/mol. The number of nitrogens with zero attached hydrogens (tertiary/aromatic N) is 1. The minimum absolute atomic E-state index is 0.0665. The molecule has 26 heavy (non-hydrogen) atoms. The zero-order chi connectivity index (χ0) is 18.1. The lowest BCUT2D eigenvalue weighted by atomic mass is 9.77. The van der Waals surface area contributed by atoms with Crippen molar-refractivity contribution in [1.82, 2.24) is 31.7 Å². The molecule has 0 aromatic carbocycles. The summed E-state index contributed by atoms with van der Waals surface area (Å²) in [6, 6.07) is 0.110. The second-order valence-electron chi connectivity index (χ2n) is 7.89. The third-order valence-electron chi connectivity index (χ3n) is 6.22. The standard InChI is InChI=1S/C17H30FN7O/c18-11-7-22-16-14(15(19)24-25(16)9-11)17(26)23-13-8-21-5-3-12(13)10-2-1-4-20-6-10/h7,10,12-16,20-22,24H,1-6,8-9,19H2,(H,23,26). The molecule has 0 spiro atoms. The molecule has 9 heteroatoms. The number of carbonyl (C=O) groups excluding carboxylic acids is 1. The van der Waals surface area contributed by atoms with Crippen LogP contribution in [0, 0.1) is 17.8 Å². The van der Waals surface area contributed by atoms with Gasteiger partial charge in [0.1, 0.15) is 17.9 Å². The van der Waals surface area contributed by atoms with Crippen LogP contribution in [0.4, 0.5) is 4.39 Å². The predicted octanol–water partition coefficient (Wildman–Crippen LogP) is -1.46. The van der Waals surface area contributed by atoms with Gasteiger partial charge >= 0.3 is 0 Å². The summed E-state index contributed by atoms with van der Waals surface area (Å²) in [7, 11) is 0. The number of amides is 1. The molecule has 4 aliphatic heterocycles. The summed E-state index contributed by atoms with van der Waals surface area (Å²) in [4.78, 5) is 13.0. The Balaban J connectivity index is 1.42. The largest absolute Gasteiger partial charge is 0.372 e. The Morgan fingerprint density at radius 2 is 2.12 bits per heavy atom. The molecule has 0 aliphatic carbocycles. The van der Waals surface area contributed by atoms with Crippen LogP contribution < -0.4 is 32.4 Å². The third-order valence-corrected chi connectivity index (χ3v) is 6.22. The Kier molecular flexibility index (Phi) is 5.42. The summed E-state index contributed by atoms with van der Waals surface area (Å²) in [5.74, 6) is 0.275. The van der Waals surface area contributed by atoms with E-state index >= 15 is 0 Å². The second-order valence-corrected chi connectivity index (χ2v) is 7.89. The minimum atomic E-state index is -0.529. The molecule has 0 bridgehead atoms. The van der Waals surface area contributed by atoms with Crippen molar-refractivity contribution in [3.05, 3.63) is 12.0 Å². The molecule has 146 valence electrons. The Labute approximate surface area is 153 Å². The van der Waals surface area contributed by atoms with E-state index in [4.69, 9.17) is 5.73 Å². The Hall–Kier alpha value is -1.26. The van der Waals surface area contributed by atoms with E-state index in [2.05, 4.69) is 26.7 Å². The van der Waals surface area contributed by atoms with Gasteiger partial charge in [-0.05, 0) is 50.7 Å². The van der Waals surface area contributed by atoms with Crippen LogP contribution >= 0.6 is 0 Å². The third kappa shape index (κ3) is 3.59. The van der Waals surface area contributed by atoms with Crippen molar-refractivity contribution in [2.45, 2.75) is 37.6 Å². The van der Waals surface area contributed by atoms with Crippen LogP contribution in [0.3, 0.4) is 0 Å². The average molecular weight is 367 g/mol. The van der Waals surface area contributed by atoms with Crippen molar-refractivity contribution in [2.24, 2.45) is 23.5 Å². The highest BCUT2D eigenvalue weighted by atomic mass is 19.1. The fourth-order valence-electron chi connectivity index (χ4n) is 4.89. The SMILES string of the molecule is NC1NN2CC(F)=CNC2C1C(=O)NC1CNCCC1C1CCCNC1. The van der Waals surface area contributed by atoms with E-state index in [1.54, 1.807) is 5.01 Å². The zero-order valence-corrected chi connectivity index (χ0v) is 15.0. The monoisotopic (exact) mass is 367 g/mol. The average Bonchev–Trinajstić information content (AvgIpc) is 2.97. The number of carbonyl (C=O) groups is 1. The summed E-state index contributed by atoms with van der Waals surface area (Å²) in [6.07, 6.45) is 3.98. The molecule has 7 N–H and O–H groups in total. The number of nitrogens with one attached hydrogen (secondary N) is 5. The normalized spacial score (nSPS) is 41.1. The highest BCUT2D eigenvalue weighted by Crippen LogP contribution is 2.29.